The van der Waals surface area contributed by atoms with Crippen LogP contribution in [0, 0.1) is 5.92 Å². The Morgan fingerprint density at radius 3 is 2.44 bits per heavy atom. The lowest BCUT2D eigenvalue weighted by molar-refractivity contribution is -0.135. The molecule has 1 aromatic carbocycles. The number of carbonyl (C=O) groups is 3. The Hall–Kier alpha value is -3.10. The Morgan fingerprint density at radius 1 is 1.09 bits per heavy atom. The summed E-state index contributed by atoms with van der Waals surface area (Å²) in [4.78, 5) is 50.8. The van der Waals surface area contributed by atoms with Crippen LogP contribution in [0.5, 0.6) is 0 Å². The van der Waals surface area contributed by atoms with Crippen molar-refractivity contribution >= 4 is 28.9 Å². The molecule has 2 aromatic rings. The predicted molar refractivity (Wildman–Crippen MR) is 127 cm³/mol. The molecule has 9 nitrogen and oxygen atoms in total. The molecule has 2 aliphatic rings. The van der Waals surface area contributed by atoms with Crippen LogP contribution < -0.4 is 11.0 Å². The number of rotatable bonds is 4. The Kier molecular flexibility index (Phi) is 6.55. The number of fused-ring (bicyclic) bond motifs is 1. The molecule has 9 heteroatoms. The van der Waals surface area contributed by atoms with Crippen molar-refractivity contribution in [3.63, 3.8) is 0 Å². The summed E-state index contributed by atoms with van der Waals surface area (Å²) in [6, 6.07) is 5.27. The van der Waals surface area contributed by atoms with Crippen molar-refractivity contribution in [3.8, 4) is 0 Å². The number of carbonyl (C=O) groups excluding carboxylic acids is 3. The predicted octanol–water partition coefficient (Wildman–Crippen LogP) is 2.90. The Morgan fingerprint density at radius 2 is 1.79 bits per heavy atom. The summed E-state index contributed by atoms with van der Waals surface area (Å²) in [5.74, 6) is -0.187. The number of hydrogen-bond acceptors (Lipinski definition) is 5. The minimum absolute atomic E-state index is 0.226. The van der Waals surface area contributed by atoms with Crippen molar-refractivity contribution in [2.45, 2.75) is 70.9 Å². The Balaban J connectivity index is 1.40. The van der Waals surface area contributed by atoms with Gasteiger partial charge in [0.15, 0.2) is 0 Å². The second kappa shape index (κ2) is 9.27. The summed E-state index contributed by atoms with van der Waals surface area (Å²) in [6.07, 6.45) is 4.10. The number of aryl methyl sites for hydroxylation is 2. The molecule has 0 spiro atoms. The van der Waals surface area contributed by atoms with E-state index < -0.39 is 17.6 Å². The normalized spacial score (nSPS) is 20.0. The molecule has 0 radical (unpaired) electrons. The van der Waals surface area contributed by atoms with E-state index in [0.29, 0.717) is 30.9 Å². The monoisotopic (exact) mass is 470 g/mol. The van der Waals surface area contributed by atoms with E-state index in [1.807, 2.05) is 39.0 Å². The second-order valence-corrected chi connectivity index (χ2v) is 10.5. The van der Waals surface area contributed by atoms with Crippen molar-refractivity contribution in [1.29, 1.82) is 0 Å². The van der Waals surface area contributed by atoms with E-state index in [1.165, 1.54) is 4.57 Å². The Bertz CT molecular complexity index is 1160. The summed E-state index contributed by atoms with van der Waals surface area (Å²) < 4.78 is 8.56. The fourth-order valence-electron chi connectivity index (χ4n) is 4.90. The summed E-state index contributed by atoms with van der Waals surface area (Å²) >= 11 is 0. The molecule has 1 unspecified atom stereocenters. The molecule has 1 atom stereocenters. The first kappa shape index (κ1) is 24.0. The molecule has 2 aliphatic heterocycles. The first-order valence-electron chi connectivity index (χ1n) is 12.0. The van der Waals surface area contributed by atoms with Gasteiger partial charge >= 0.3 is 11.8 Å². The van der Waals surface area contributed by atoms with Gasteiger partial charge in [0, 0.05) is 26.6 Å². The van der Waals surface area contributed by atoms with Gasteiger partial charge in [-0.25, -0.2) is 9.59 Å². The number of amides is 3. The molecule has 3 amide bonds. The molecule has 184 valence electrons. The maximum atomic E-state index is 12.9. The van der Waals surface area contributed by atoms with Gasteiger partial charge in [-0.15, -0.1) is 0 Å². The summed E-state index contributed by atoms with van der Waals surface area (Å²) in [7, 11) is 1.71. The van der Waals surface area contributed by atoms with Gasteiger partial charge in [-0.05, 0) is 76.5 Å². The topological polar surface area (TPSA) is 103 Å². The Labute approximate surface area is 199 Å². The van der Waals surface area contributed by atoms with Crippen LogP contribution in [0.4, 0.5) is 4.79 Å². The van der Waals surface area contributed by atoms with Gasteiger partial charge in [-0.3, -0.25) is 24.0 Å². The van der Waals surface area contributed by atoms with Crippen LogP contribution >= 0.6 is 0 Å². The highest BCUT2D eigenvalue weighted by Gasteiger charge is 2.31. The van der Waals surface area contributed by atoms with Crippen LogP contribution in [0.15, 0.2) is 23.0 Å². The highest BCUT2D eigenvalue weighted by atomic mass is 16.6. The third-order valence-corrected chi connectivity index (χ3v) is 6.78. The molecule has 2 saturated heterocycles. The molecular weight excluding hydrogens is 436 g/mol. The number of hydrogen-bond donors (Lipinski definition) is 1. The number of benzene rings is 1. The number of nitrogens with zero attached hydrogens (tertiary/aromatic N) is 3. The fourth-order valence-corrected chi connectivity index (χ4v) is 4.90. The number of imidazole rings is 1. The minimum atomic E-state index is -0.671. The van der Waals surface area contributed by atoms with Gasteiger partial charge in [-0.2, -0.15) is 0 Å². The van der Waals surface area contributed by atoms with Gasteiger partial charge in [0.1, 0.15) is 11.6 Å². The van der Waals surface area contributed by atoms with Gasteiger partial charge < -0.3 is 9.64 Å². The van der Waals surface area contributed by atoms with E-state index in [4.69, 9.17) is 4.74 Å². The van der Waals surface area contributed by atoms with Crippen molar-refractivity contribution < 1.29 is 19.1 Å². The first-order valence-corrected chi connectivity index (χ1v) is 12.0. The van der Waals surface area contributed by atoms with E-state index in [-0.39, 0.29) is 24.1 Å². The van der Waals surface area contributed by atoms with Gasteiger partial charge in [0.2, 0.25) is 11.8 Å². The van der Waals surface area contributed by atoms with Gasteiger partial charge in [0.05, 0.1) is 11.0 Å². The average molecular weight is 471 g/mol. The molecule has 0 bridgehead atoms. The SMILES string of the molecule is Cn1c(=O)n(C2CCC(=O)NC2=O)c2ccc(CCC3CCN(C(=O)OC(C)(C)C)CC3)cc21. The van der Waals surface area contributed by atoms with E-state index in [9.17, 15) is 19.2 Å². The first-order chi connectivity index (χ1) is 16.0. The lowest BCUT2D eigenvalue weighted by Gasteiger charge is -2.33. The largest absolute Gasteiger partial charge is 0.444 e. The molecule has 4 rings (SSSR count). The smallest absolute Gasteiger partial charge is 0.410 e. The maximum Gasteiger partial charge on any atom is 0.410 e. The number of piperidine rings is 2. The molecule has 1 aromatic heterocycles. The van der Waals surface area contributed by atoms with Crippen LogP contribution in [-0.2, 0) is 27.8 Å². The third kappa shape index (κ3) is 5.03. The second-order valence-electron chi connectivity index (χ2n) is 10.5. The summed E-state index contributed by atoms with van der Waals surface area (Å²) in [5.41, 5.74) is 1.89. The van der Waals surface area contributed by atoms with Crippen LogP contribution in [0.1, 0.15) is 64.5 Å². The van der Waals surface area contributed by atoms with Crippen molar-refractivity contribution in [3.05, 3.63) is 34.2 Å². The lowest BCUT2D eigenvalue weighted by atomic mass is 9.90. The molecule has 34 heavy (non-hydrogen) atoms. The van der Waals surface area contributed by atoms with Gasteiger partial charge in [-0.1, -0.05) is 6.07 Å². The number of aromatic nitrogens is 2. The number of likely N-dealkylation sites (tertiary alicyclic amines) is 1. The molecular formula is C25H34N4O5. The van der Waals surface area contributed by atoms with E-state index in [1.54, 1.807) is 16.5 Å². The third-order valence-electron chi connectivity index (χ3n) is 6.78. The molecule has 1 N–H and O–H groups in total. The van der Waals surface area contributed by atoms with Crippen LogP contribution in [0.3, 0.4) is 0 Å². The summed E-state index contributed by atoms with van der Waals surface area (Å²) in [6.45, 7) is 7.06. The highest BCUT2D eigenvalue weighted by molar-refractivity contribution is 6.00. The van der Waals surface area contributed by atoms with Crippen molar-refractivity contribution in [2.24, 2.45) is 13.0 Å². The number of ether oxygens (including phenoxy) is 1. The number of imide groups is 1. The highest BCUT2D eigenvalue weighted by Crippen LogP contribution is 2.27. The van der Waals surface area contributed by atoms with Crippen LogP contribution in [0.25, 0.3) is 11.0 Å². The molecule has 2 fully saturated rings. The van der Waals surface area contributed by atoms with E-state index in [0.717, 1.165) is 36.8 Å². The minimum Gasteiger partial charge on any atom is -0.444 e. The molecule has 3 heterocycles. The fraction of sp³-hybridized carbons (Fsp3) is 0.600. The van der Waals surface area contributed by atoms with Gasteiger partial charge in [0.25, 0.3) is 0 Å². The molecule has 0 aliphatic carbocycles. The van der Waals surface area contributed by atoms with Crippen LogP contribution in [-0.4, -0.2) is 50.6 Å². The summed E-state index contributed by atoms with van der Waals surface area (Å²) in [5, 5.41) is 2.34. The van der Waals surface area contributed by atoms with Crippen molar-refractivity contribution in [1.82, 2.24) is 19.4 Å². The zero-order chi connectivity index (χ0) is 24.6. The number of nitrogens with one attached hydrogen (secondary N) is 1. The van der Waals surface area contributed by atoms with E-state index in [2.05, 4.69) is 5.32 Å². The zero-order valence-electron chi connectivity index (χ0n) is 20.4. The van der Waals surface area contributed by atoms with Crippen LogP contribution in [0.2, 0.25) is 0 Å². The quantitative estimate of drug-likeness (QED) is 0.692. The molecule has 0 saturated carbocycles. The van der Waals surface area contributed by atoms with Crippen molar-refractivity contribution in [2.75, 3.05) is 13.1 Å². The lowest BCUT2D eigenvalue weighted by Crippen LogP contribution is -2.44. The maximum absolute atomic E-state index is 12.9. The standard InChI is InChI=1S/C25H34N4O5/c1-25(2,3)34-24(33)28-13-11-16(12-14-28)5-6-17-7-8-18-20(15-17)27(4)23(32)29(18)19-9-10-21(30)26-22(19)31/h7-8,15-16,19H,5-6,9-14H2,1-4H3,(H,26,30,31). The zero-order valence-corrected chi connectivity index (χ0v) is 20.4. The van der Waals surface area contributed by atoms with E-state index >= 15 is 0 Å². The average Bonchev–Trinajstić information content (AvgIpc) is 3.01.